The standard InChI is InChI=1S/C16H28N2O/c1-12-10-15(19-6)13(2)9-14(12)7-8-18(5)11-16(3,4)17/h9-10H,7-8,11,17H2,1-6H3. The summed E-state index contributed by atoms with van der Waals surface area (Å²) in [7, 11) is 3.85. The van der Waals surface area contributed by atoms with Crippen molar-refractivity contribution >= 4 is 0 Å². The first-order valence-electron chi connectivity index (χ1n) is 6.84. The highest BCUT2D eigenvalue weighted by molar-refractivity contribution is 5.41. The maximum atomic E-state index is 6.04. The lowest BCUT2D eigenvalue weighted by atomic mass is 10.0. The van der Waals surface area contributed by atoms with E-state index in [0.29, 0.717) is 0 Å². The van der Waals surface area contributed by atoms with Crippen molar-refractivity contribution in [1.29, 1.82) is 0 Å². The van der Waals surface area contributed by atoms with Crippen LogP contribution < -0.4 is 10.5 Å². The molecule has 0 heterocycles. The smallest absolute Gasteiger partial charge is 0.122 e. The molecular formula is C16H28N2O. The van der Waals surface area contributed by atoms with E-state index in [1.807, 2.05) is 0 Å². The van der Waals surface area contributed by atoms with E-state index >= 15 is 0 Å². The fraction of sp³-hybridized carbons (Fsp3) is 0.625. The zero-order valence-corrected chi connectivity index (χ0v) is 13.2. The summed E-state index contributed by atoms with van der Waals surface area (Å²) in [4.78, 5) is 2.29. The predicted octanol–water partition coefficient (Wildman–Crippen LogP) is 2.52. The predicted molar refractivity (Wildman–Crippen MR) is 81.9 cm³/mol. The van der Waals surface area contributed by atoms with E-state index in [0.717, 1.165) is 25.3 Å². The average molecular weight is 264 g/mol. The molecule has 0 saturated heterocycles. The summed E-state index contributed by atoms with van der Waals surface area (Å²) < 4.78 is 5.35. The summed E-state index contributed by atoms with van der Waals surface area (Å²) in [6, 6.07) is 4.35. The molecule has 0 aliphatic rings. The fourth-order valence-corrected chi connectivity index (χ4v) is 2.42. The van der Waals surface area contributed by atoms with Gasteiger partial charge in [-0.15, -0.1) is 0 Å². The van der Waals surface area contributed by atoms with Gasteiger partial charge in [0.1, 0.15) is 5.75 Å². The Morgan fingerprint density at radius 1 is 1.21 bits per heavy atom. The largest absolute Gasteiger partial charge is 0.496 e. The fourth-order valence-electron chi connectivity index (χ4n) is 2.42. The number of hydrogen-bond acceptors (Lipinski definition) is 3. The Balaban J connectivity index is 2.66. The summed E-state index contributed by atoms with van der Waals surface area (Å²) in [5.74, 6) is 0.970. The lowest BCUT2D eigenvalue weighted by molar-refractivity contribution is 0.273. The molecule has 0 saturated carbocycles. The van der Waals surface area contributed by atoms with E-state index in [4.69, 9.17) is 10.5 Å². The number of ether oxygens (including phenoxy) is 1. The lowest BCUT2D eigenvalue weighted by Crippen LogP contribution is -2.44. The van der Waals surface area contributed by atoms with Crippen LogP contribution in [0.25, 0.3) is 0 Å². The van der Waals surface area contributed by atoms with Crippen LogP contribution in [-0.4, -0.2) is 37.7 Å². The van der Waals surface area contributed by atoms with E-state index in [-0.39, 0.29) is 5.54 Å². The first-order valence-corrected chi connectivity index (χ1v) is 6.84. The van der Waals surface area contributed by atoms with Gasteiger partial charge < -0.3 is 15.4 Å². The van der Waals surface area contributed by atoms with E-state index in [9.17, 15) is 0 Å². The zero-order chi connectivity index (χ0) is 14.6. The molecule has 108 valence electrons. The van der Waals surface area contributed by atoms with Crippen LogP contribution in [0.3, 0.4) is 0 Å². The van der Waals surface area contributed by atoms with Gasteiger partial charge in [0.2, 0.25) is 0 Å². The van der Waals surface area contributed by atoms with Crippen molar-refractivity contribution in [3.63, 3.8) is 0 Å². The Hall–Kier alpha value is -1.06. The maximum Gasteiger partial charge on any atom is 0.122 e. The second kappa shape index (κ2) is 6.40. The molecule has 19 heavy (non-hydrogen) atoms. The summed E-state index contributed by atoms with van der Waals surface area (Å²) in [6.07, 6.45) is 1.04. The van der Waals surface area contributed by atoms with Crippen molar-refractivity contribution in [3.05, 3.63) is 28.8 Å². The minimum Gasteiger partial charge on any atom is -0.496 e. The molecule has 3 nitrogen and oxygen atoms in total. The minimum atomic E-state index is -0.139. The quantitative estimate of drug-likeness (QED) is 0.858. The molecule has 1 aromatic carbocycles. The van der Waals surface area contributed by atoms with Gasteiger partial charge in [-0.3, -0.25) is 0 Å². The summed E-state index contributed by atoms with van der Waals surface area (Å²) in [5, 5.41) is 0. The molecule has 1 rings (SSSR count). The molecule has 2 N–H and O–H groups in total. The highest BCUT2D eigenvalue weighted by Gasteiger charge is 2.14. The molecule has 0 bridgehead atoms. The molecule has 0 spiro atoms. The number of benzene rings is 1. The van der Waals surface area contributed by atoms with Gasteiger partial charge in [-0.1, -0.05) is 6.07 Å². The summed E-state index contributed by atoms with van der Waals surface area (Å²) in [5.41, 5.74) is 9.78. The monoisotopic (exact) mass is 264 g/mol. The molecule has 0 aliphatic heterocycles. The highest BCUT2D eigenvalue weighted by Crippen LogP contribution is 2.22. The molecule has 0 radical (unpaired) electrons. The third-order valence-electron chi connectivity index (χ3n) is 3.29. The van der Waals surface area contributed by atoms with Crippen LogP contribution in [0.15, 0.2) is 12.1 Å². The van der Waals surface area contributed by atoms with Gasteiger partial charge in [0, 0.05) is 18.6 Å². The van der Waals surface area contributed by atoms with Crippen LogP contribution in [0.4, 0.5) is 0 Å². The van der Waals surface area contributed by atoms with Gasteiger partial charge in [-0.25, -0.2) is 0 Å². The third-order valence-corrected chi connectivity index (χ3v) is 3.29. The summed E-state index contributed by atoms with van der Waals surface area (Å²) >= 11 is 0. The van der Waals surface area contributed by atoms with Crippen molar-refractivity contribution in [2.45, 2.75) is 39.7 Å². The second-order valence-corrected chi connectivity index (χ2v) is 6.22. The number of hydrogen-bond donors (Lipinski definition) is 1. The van der Waals surface area contributed by atoms with Gasteiger partial charge >= 0.3 is 0 Å². The summed E-state index contributed by atoms with van der Waals surface area (Å²) in [6.45, 7) is 10.3. The van der Waals surface area contributed by atoms with Crippen molar-refractivity contribution < 1.29 is 4.74 Å². The van der Waals surface area contributed by atoms with E-state index in [1.54, 1.807) is 7.11 Å². The van der Waals surface area contributed by atoms with Crippen molar-refractivity contribution in [2.75, 3.05) is 27.2 Å². The van der Waals surface area contributed by atoms with Gasteiger partial charge in [0.15, 0.2) is 0 Å². The number of nitrogens with zero attached hydrogens (tertiary/aromatic N) is 1. The van der Waals surface area contributed by atoms with Crippen molar-refractivity contribution in [2.24, 2.45) is 5.73 Å². The van der Waals surface area contributed by atoms with Gasteiger partial charge in [0.25, 0.3) is 0 Å². The van der Waals surface area contributed by atoms with Crippen LogP contribution >= 0.6 is 0 Å². The Morgan fingerprint density at radius 2 is 1.84 bits per heavy atom. The molecule has 0 aliphatic carbocycles. The van der Waals surface area contributed by atoms with Crippen LogP contribution in [0.5, 0.6) is 5.75 Å². The Morgan fingerprint density at radius 3 is 2.37 bits per heavy atom. The Kier molecular flexibility index (Phi) is 5.39. The first kappa shape index (κ1) is 16.0. The molecule has 0 unspecified atom stereocenters. The highest BCUT2D eigenvalue weighted by atomic mass is 16.5. The molecular weight excluding hydrogens is 236 g/mol. The second-order valence-electron chi connectivity index (χ2n) is 6.22. The van der Waals surface area contributed by atoms with Gasteiger partial charge in [-0.2, -0.15) is 0 Å². The Labute approximate surface area is 117 Å². The van der Waals surface area contributed by atoms with Crippen LogP contribution in [0.1, 0.15) is 30.5 Å². The minimum absolute atomic E-state index is 0.139. The average Bonchev–Trinajstić information content (AvgIpc) is 2.27. The van der Waals surface area contributed by atoms with Gasteiger partial charge in [-0.05, 0) is 63.9 Å². The van der Waals surface area contributed by atoms with Crippen LogP contribution in [0.2, 0.25) is 0 Å². The third kappa shape index (κ3) is 5.21. The lowest BCUT2D eigenvalue weighted by Gasteiger charge is -2.26. The normalized spacial score (nSPS) is 12.0. The molecule has 0 aromatic heterocycles. The van der Waals surface area contributed by atoms with Gasteiger partial charge in [0.05, 0.1) is 7.11 Å². The molecule has 0 amide bonds. The molecule has 0 fully saturated rings. The van der Waals surface area contributed by atoms with Crippen LogP contribution in [-0.2, 0) is 6.42 Å². The zero-order valence-electron chi connectivity index (χ0n) is 13.2. The first-order chi connectivity index (χ1) is 8.73. The van der Waals surface area contributed by atoms with Crippen molar-refractivity contribution in [3.8, 4) is 5.75 Å². The van der Waals surface area contributed by atoms with E-state index in [1.165, 1.54) is 16.7 Å². The number of rotatable bonds is 6. The number of aryl methyl sites for hydroxylation is 2. The van der Waals surface area contributed by atoms with Crippen molar-refractivity contribution in [1.82, 2.24) is 4.90 Å². The number of likely N-dealkylation sites (N-methyl/N-ethyl adjacent to an activating group) is 1. The maximum absolute atomic E-state index is 6.04. The molecule has 1 aromatic rings. The number of methoxy groups -OCH3 is 1. The van der Waals surface area contributed by atoms with E-state index in [2.05, 4.69) is 51.8 Å². The topological polar surface area (TPSA) is 38.5 Å². The molecule has 0 atom stereocenters. The number of nitrogens with two attached hydrogens (primary N) is 1. The van der Waals surface area contributed by atoms with Crippen LogP contribution in [0, 0.1) is 13.8 Å². The molecule has 3 heteroatoms. The SMILES string of the molecule is COc1cc(C)c(CCN(C)CC(C)(C)N)cc1C. The Bertz CT molecular complexity index is 421. The van der Waals surface area contributed by atoms with E-state index < -0.39 is 0 Å².